The highest BCUT2D eigenvalue weighted by Gasteiger charge is 1.94. The molecule has 0 saturated heterocycles. The third-order valence-electron chi connectivity index (χ3n) is 2.86. The van der Waals surface area contributed by atoms with Crippen molar-refractivity contribution in [3.8, 4) is 0 Å². The fraction of sp³-hybridized carbons (Fsp3) is 0.533. The molecule has 0 radical (unpaired) electrons. The normalized spacial score (nSPS) is 10.2. The molecule has 0 aromatic heterocycles. The molecule has 0 spiro atoms. The Morgan fingerprint density at radius 2 is 1.65 bits per heavy atom. The summed E-state index contributed by atoms with van der Waals surface area (Å²) >= 11 is 0. The average molecular weight is 233 g/mol. The Hall–Kier alpha value is -1.31. The van der Waals surface area contributed by atoms with Crippen LogP contribution in [0.3, 0.4) is 0 Å². The van der Waals surface area contributed by atoms with Gasteiger partial charge in [0, 0.05) is 13.5 Å². The number of carbonyl (C=O) groups excluding carboxylic acids is 1. The number of unbranched alkanes of at least 4 members (excludes halogenated alkanes) is 4. The third-order valence-corrected chi connectivity index (χ3v) is 2.86. The molecule has 0 atom stereocenters. The van der Waals surface area contributed by atoms with Gasteiger partial charge in [-0.15, -0.1) is 0 Å². The summed E-state index contributed by atoms with van der Waals surface area (Å²) in [6, 6.07) is 10.6. The Kier molecular flexibility index (Phi) is 7.12. The molecule has 2 heteroatoms. The summed E-state index contributed by atoms with van der Waals surface area (Å²) in [5.74, 6) is 0.0778. The molecule has 0 aliphatic rings. The van der Waals surface area contributed by atoms with Gasteiger partial charge < -0.3 is 5.32 Å². The van der Waals surface area contributed by atoms with Gasteiger partial charge in [0.15, 0.2) is 0 Å². The molecule has 0 fully saturated rings. The van der Waals surface area contributed by atoms with Gasteiger partial charge in [0.2, 0.25) is 5.91 Å². The minimum atomic E-state index is 0.0778. The van der Waals surface area contributed by atoms with E-state index in [1.165, 1.54) is 37.7 Å². The average Bonchev–Trinajstić information content (AvgIpc) is 2.33. The van der Waals surface area contributed by atoms with Crippen LogP contribution in [0.25, 0.3) is 0 Å². The maximum absolute atomic E-state index is 10.6. The van der Waals surface area contributed by atoms with Crippen molar-refractivity contribution < 1.29 is 4.79 Å². The number of aryl methyl sites for hydroxylation is 1. The van der Waals surface area contributed by atoms with Crippen molar-refractivity contribution in [3.05, 3.63) is 35.9 Å². The van der Waals surface area contributed by atoms with Crippen LogP contribution in [0.15, 0.2) is 30.3 Å². The molecule has 1 aromatic carbocycles. The Morgan fingerprint density at radius 3 is 2.35 bits per heavy atom. The van der Waals surface area contributed by atoms with E-state index in [1.54, 1.807) is 6.92 Å². The van der Waals surface area contributed by atoms with Crippen LogP contribution in [-0.2, 0) is 11.2 Å². The number of nitrogens with one attached hydrogen (secondary N) is 1. The lowest BCUT2D eigenvalue weighted by Crippen LogP contribution is -2.20. The van der Waals surface area contributed by atoms with Gasteiger partial charge >= 0.3 is 0 Å². The van der Waals surface area contributed by atoms with Crippen LogP contribution in [0.1, 0.15) is 44.6 Å². The maximum atomic E-state index is 10.6. The lowest BCUT2D eigenvalue weighted by molar-refractivity contribution is -0.118. The Bertz CT molecular complexity index is 308. The van der Waals surface area contributed by atoms with Crippen molar-refractivity contribution in [1.29, 1.82) is 0 Å². The first kappa shape index (κ1) is 13.8. The van der Waals surface area contributed by atoms with Crippen LogP contribution < -0.4 is 5.32 Å². The Balaban J connectivity index is 1.90. The summed E-state index contributed by atoms with van der Waals surface area (Å²) < 4.78 is 0. The highest BCUT2D eigenvalue weighted by atomic mass is 16.1. The summed E-state index contributed by atoms with van der Waals surface area (Å²) in [5, 5.41) is 2.82. The van der Waals surface area contributed by atoms with Crippen LogP contribution in [0.4, 0.5) is 0 Å². The SMILES string of the molecule is CC(=O)NCCCCCCCc1ccccc1. The molecule has 17 heavy (non-hydrogen) atoms. The molecule has 1 N–H and O–H groups in total. The van der Waals surface area contributed by atoms with Gasteiger partial charge in [-0.25, -0.2) is 0 Å². The van der Waals surface area contributed by atoms with Crippen LogP contribution in [0.2, 0.25) is 0 Å². The molecule has 1 amide bonds. The van der Waals surface area contributed by atoms with Crippen molar-refractivity contribution >= 4 is 5.91 Å². The fourth-order valence-corrected chi connectivity index (χ4v) is 1.89. The number of hydrogen-bond donors (Lipinski definition) is 1. The maximum Gasteiger partial charge on any atom is 0.216 e. The highest BCUT2D eigenvalue weighted by molar-refractivity contribution is 5.72. The second kappa shape index (κ2) is 8.80. The molecule has 0 aliphatic carbocycles. The predicted octanol–water partition coefficient (Wildman–Crippen LogP) is 3.32. The number of hydrogen-bond acceptors (Lipinski definition) is 1. The van der Waals surface area contributed by atoms with Gasteiger partial charge in [0.1, 0.15) is 0 Å². The highest BCUT2D eigenvalue weighted by Crippen LogP contribution is 2.08. The number of amides is 1. The van der Waals surface area contributed by atoms with Gasteiger partial charge in [-0.3, -0.25) is 4.79 Å². The second-order valence-electron chi connectivity index (χ2n) is 4.49. The van der Waals surface area contributed by atoms with E-state index in [0.29, 0.717) is 0 Å². The van der Waals surface area contributed by atoms with Crippen LogP contribution in [-0.4, -0.2) is 12.5 Å². The first-order chi connectivity index (χ1) is 8.29. The summed E-state index contributed by atoms with van der Waals surface area (Å²) in [7, 11) is 0. The predicted molar refractivity (Wildman–Crippen MR) is 71.9 cm³/mol. The monoisotopic (exact) mass is 233 g/mol. The topological polar surface area (TPSA) is 29.1 Å². The summed E-state index contributed by atoms with van der Waals surface area (Å²) in [6.07, 6.45) is 7.33. The molecular weight excluding hydrogens is 210 g/mol. The van der Waals surface area contributed by atoms with Gasteiger partial charge in [-0.05, 0) is 24.8 Å². The summed E-state index contributed by atoms with van der Waals surface area (Å²) in [5.41, 5.74) is 1.44. The second-order valence-corrected chi connectivity index (χ2v) is 4.49. The van der Waals surface area contributed by atoms with E-state index in [9.17, 15) is 4.79 Å². The Labute approximate surface area is 104 Å². The standard InChI is InChI=1S/C15H23NO/c1-14(17)16-13-9-4-2-3-6-10-15-11-7-5-8-12-15/h5,7-8,11-12H,2-4,6,9-10,13H2,1H3,(H,16,17). The van der Waals surface area contributed by atoms with E-state index in [4.69, 9.17) is 0 Å². The Morgan fingerprint density at radius 1 is 1.00 bits per heavy atom. The first-order valence-electron chi connectivity index (χ1n) is 6.57. The minimum absolute atomic E-state index is 0.0778. The van der Waals surface area contributed by atoms with Gasteiger partial charge in [-0.2, -0.15) is 0 Å². The van der Waals surface area contributed by atoms with Crippen molar-refractivity contribution in [2.24, 2.45) is 0 Å². The van der Waals surface area contributed by atoms with Crippen molar-refractivity contribution in [2.45, 2.75) is 45.4 Å². The zero-order valence-corrected chi connectivity index (χ0v) is 10.7. The van der Waals surface area contributed by atoms with Crippen molar-refractivity contribution in [1.82, 2.24) is 5.32 Å². The lowest BCUT2D eigenvalue weighted by Gasteiger charge is -2.03. The van der Waals surface area contributed by atoms with Crippen LogP contribution in [0, 0.1) is 0 Å². The molecule has 0 saturated carbocycles. The molecular formula is C15H23NO. The van der Waals surface area contributed by atoms with E-state index in [1.807, 2.05) is 0 Å². The van der Waals surface area contributed by atoms with Crippen molar-refractivity contribution in [2.75, 3.05) is 6.54 Å². The third kappa shape index (κ3) is 7.56. The summed E-state index contributed by atoms with van der Waals surface area (Å²) in [6.45, 7) is 2.40. The molecule has 1 rings (SSSR count). The first-order valence-corrected chi connectivity index (χ1v) is 6.57. The zero-order chi connectivity index (χ0) is 12.3. The van der Waals surface area contributed by atoms with E-state index in [0.717, 1.165) is 13.0 Å². The van der Waals surface area contributed by atoms with E-state index >= 15 is 0 Å². The molecule has 0 unspecified atom stereocenters. The summed E-state index contributed by atoms with van der Waals surface area (Å²) in [4.78, 5) is 10.6. The number of benzene rings is 1. The molecule has 1 aromatic rings. The number of carbonyl (C=O) groups is 1. The molecule has 0 heterocycles. The largest absolute Gasteiger partial charge is 0.356 e. The molecule has 2 nitrogen and oxygen atoms in total. The molecule has 94 valence electrons. The minimum Gasteiger partial charge on any atom is -0.356 e. The van der Waals surface area contributed by atoms with Crippen molar-refractivity contribution in [3.63, 3.8) is 0 Å². The van der Waals surface area contributed by atoms with E-state index in [2.05, 4.69) is 35.6 Å². The van der Waals surface area contributed by atoms with Gasteiger partial charge in [0.05, 0.1) is 0 Å². The smallest absolute Gasteiger partial charge is 0.216 e. The van der Waals surface area contributed by atoms with Crippen LogP contribution in [0.5, 0.6) is 0 Å². The molecule has 0 bridgehead atoms. The lowest BCUT2D eigenvalue weighted by atomic mass is 10.1. The fourth-order valence-electron chi connectivity index (χ4n) is 1.89. The number of rotatable bonds is 8. The van der Waals surface area contributed by atoms with E-state index < -0.39 is 0 Å². The van der Waals surface area contributed by atoms with Crippen LogP contribution >= 0.6 is 0 Å². The van der Waals surface area contributed by atoms with E-state index in [-0.39, 0.29) is 5.91 Å². The quantitative estimate of drug-likeness (QED) is 0.686. The van der Waals surface area contributed by atoms with Gasteiger partial charge in [-0.1, -0.05) is 49.6 Å². The van der Waals surface area contributed by atoms with Gasteiger partial charge in [0.25, 0.3) is 0 Å². The molecule has 0 aliphatic heterocycles. The zero-order valence-electron chi connectivity index (χ0n) is 10.7.